The van der Waals surface area contributed by atoms with Crippen LogP contribution in [0.1, 0.15) is 15.9 Å². The lowest BCUT2D eigenvalue weighted by Gasteiger charge is -2.09. The molecule has 0 unspecified atom stereocenters. The van der Waals surface area contributed by atoms with E-state index in [0.717, 1.165) is 0 Å². The summed E-state index contributed by atoms with van der Waals surface area (Å²) >= 11 is 0. The van der Waals surface area contributed by atoms with Crippen molar-refractivity contribution in [3.8, 4) is 18.1 Å². The van der Waals surface area contributed by atoms with Gasteiger partial charge in [-0.15, -0.1) is 6.42 Å². The Morgan fingerprint density at radius 2 is 1.86 bits per heavy atom. The smallest absolute Gasteiger partial charge is 0.255 e. The van der Waals surface area contributed by atoms with Crippen molar-refractivity contribution in [3.63, 3.8) is 0 Å². The van der Waals surface area contributed by atoms with Crippen molar-refractivity contribution >= 4 is 23.0 Å². The summed E-state index contributed by atoms with van der Waals surface area (Å²) in [5, 5.41) is 2.74. The Labute approximate surface area is 122 Å². The molecule has 2 aromatic carbocycles. The second-order valence-electron chi connectivity index (χ2n) is 4.40. The van der Waals surface area contributed by atoms with Gasteiger partial charge in [-0.3, -0.25) is 4.79 Å². The van der Waals surface area contributed by atoms with E-state index in [2.05, 4.69) is 11.2 Å². The number of carbonyl (C=O) groups excluding carboxylic acids is 1. The lowest BCUT2D eigenvalue weighted by Crippen LogP contribution is -2.13. The van der Waals surface area contributed by atoms with Crippen LogP contribution in [-0.4, -0.2) is 13.0 Å². The highest BCUT2D eigenvalue weighted by Crippen LogP contribution is 2.22. The molecule has 0 radical (unpaired) electrons. The second kappa shape index (κ2) is 5.88. The minimum absolute atomic E-state index is 0.317. The van der Waals surface area contributed by atoms with E-state index in [4.69, 9.17) is 22.6 Å². The summed E-state index contributed by atoms with van der Waals surface area (Å²) in [5.41, 5.74) is 13.7. The third kappa shape index (κ3) is 3.25. The first kappa shape index (κ1) is 14.3. The van der Waals surface area contributed by atoms with Gasteiger partial charge in [-0.2, -0.15) is 0 Å². The number of amides is 1. The highest BCUT2D eigenvalue weighted by atomic mass is 16.5. The standard InChI is InChI=1S/C16H15N3O2/c1-3-10-8-14(4-5-15(10)21-2)19-16(20)11-6-12(17)9-13(18)7-11/h1,4-9H,17-18H2,2H3,(H,19,20). The van der Waals surface area contributed by atoms with Gasteiger partial charge in [-0.25, -0.2) is 0 Å². The van der Waals surface area contributed by atoms with Gasteiger partial charge < -0.3 is 21.5 Å². The summed E-state index contributed by atoms with van der Waals surface area (Å²) < 4.78 is 5.12. The Hall–Kier alpha value is -3.13. The number of nitrogen functional groups attached to an aromatic ring is 2. The molecule has 0 aromatic heterocycles. The first-order valence-corrected chi connectivity index (χ1v) is 6.15. The minimum atomic E-state index is -0.317. The van der Waals surface area contributed by atoms with Crippen LogP contribution in [0.4, 0.5) is 17.1 Å². The number of nitrogens with one attached hydrogen (secondary N) is 1. The molecule has 0 aliphatic heterocycles. The van der Waals surface area contributed by atoms with Crippen LogP contribution >= 0.6 is 0 Å². The summed E-state index contributed by atoms with van der Waals surface area (Å²) in [6, 6.07) is 9.74. The zero-order chi connectivity index (χ0) is 15.4. The number of benzene rings is 2. The Kier molecular flexibility index (Phi) is 4.00. The number of nitrogens with two attached hydrogens (primary N) is 2. The normalized spacial score (nSPS) is 9.71. The van der Waals surface area contributed by atoms with Crippen LogP contribution in [0.15, 0.2) is 36.4 Å². The SMILES string of the molecule is C#Cc1cc(NC(=O)c2cc(N)cc(N)c2)ccc1OC. The van der Waals surface area contributed by atoms with Gasteiger partial charge in [0, 0.05) is 22.6 Å². The van der Waals surface area contributed by atoms with Gasteiger partial charge in [0.1, 0.15) is 5.75 Å². The number of hydrogen-bond acceptors (Lipinski definition) is 4. The van der Waals surface area contributed by atoms with Gasteiger partial charge in [0.15, 0.2) is 0 Å². The number of terminal acetylenes is 1. The molecule has 0 atom stereocenters. The molecule has 106 valence electrons. The van der Waals surface area contributed by atoms with Crippen molar-refractivity contribution in [2.24, 2.45) is 0 Å². The van der Waals surface area contributed by atoms with Gasteiger partial charge in [0.2, 0.25) is 0 Å². The molecule has 2 rings (SSSR count). The van der Waals surface area contributed by atoms with Crippen LogP contribution in [0.25, 0.3) is 0 Å². The molecular formula is C16H15N3O2. The summed E-state index contributed by atoms with van der Waals surface area (Å²) in [7, 11) is 1.53. The molecule has 5 nitrogen and oxygen atoms in total. The van der Waals surface area contributed by atoms with E-state index < -0.39 is 0 Å². The van der Waals surface area contributed by atoms with E-state index in [1.807, 2.05) is 0 Å². The van der Waals surface area contributed by atoms with Gasteiger partial charge in [0.25, 0.3) is 5.91 Å². The number of hydrogen-bond donors (Lipinski definition) is 3. The van der Waals surface area contributed by atoms with E-state index in [-0.39, 0.29) is 5.91 Å². The molecular weight excluding hydrogens is 266 g/mol. The highest BCUT2D eigenvalue weighted by molar-refractivity contribution is 6.05. The van der Waals surface area contributed by atoms with Crippen LogP contribution < -0.4 is 21.5 Å². The van der Waals surface area contributed by atoms with Crippen LogP contribution in [-0.2, 0) is 0 Å². The van der Waals surface area contributed by atoms with Crippen LogP contribution in [0.2, 0.25) is 0 Å². The third-order valence-corrected chi connectivity index (χ3v) is 2.85. The van der Waals surface area contributed by atoms with Crippen LogP contribution in [0.3, 0.4) is 0 Å². The van der Waals surface area contributed by atoms with Gasteiger partial charge in [-0.05, 0) is 36.4 Å². The molecule has 0 saturated heterocycles. The molecule has 0 spiro atoms. The Morgan fingerprint density at radius 1 is 1.19 bits per heavy atom. The Morgan fingerprint density at radius 3 is 2.43 bits per heavy atom. The monoisotopic (exact) mass is 281 g/mol. The number of ether oxygens (including phenoxy) is 1. The average Bonchev–Trinajstić information content (AvgIpc) is 2.46. The summed E-state index contributed by atoms with van der Waals surface area (Å²) in [4.78, 5) is 12.2. The first-order chi connectivity index (χ1) is 10.0. The fraction of sp³-hybridized carbons (Fsp3) is 0.0625. The largest absolute Gasteiger partial charge is 0.495 e. The number of anilines is 3. The topological polar surface area (TPSA) is 90.4 Å². The van der Waals surface area contributed by atoms with Gasteiger partial charge in [0.05, 0.1) is 12.7 Å². The maximum Gasteiger partial charge on any atom is 0.255 e. The summed E-state index contributed by atoms with van der Waals surface area (Å²) in [5.74, 6) is 2.76. The quantitative estimate of drug-likeness (QED) is 0.593. The lowest BCUT2D eigenvalue weighted by atomic mass is 10.1. The van der Waals surface area contributed by atoms with Crippen molar-refractivity contribution in [2.45, 2.75) is 0 Å². The lowest BCUT2D eigenvalue weighted by molar-refractivity contribution is 0.102. The molecule has 0 bridgehead atoms. The zero-order valence-electron chi connectivity index (χ0n) is 11.5. The number of methoxy groups -OCH3 is 1. The van der Waals surface area contributed by atoms with E-state index in [0.29, 0.717) is 33.9 Å². The highest BCUT2D eigenvalue weighted by Gasteiger charge is 2.09. The van der Waals surface area contributed by atoms with Crippen molar-refractivity contribution < 1.29 is 9.53 Å². The molecule has 0 aliphatic carbocycles. The first-order valence-electron chi connectivity index (χ1n) is 6.15. The second-order valence-corrected chi connectivity index (χ2v) is 4.40. The van der Waals surface area contributed by atoms with Crippen LogP contribution in [0, 0.1) is 12.3 Å². The molecule has 21 heavy (non-hydrogen) atoms. The van der Waals surface area contributed by atoms with Crippen LogP contribution in [0.5, 0.6) is 5.75 Å². The molecule has 0 aliphatic rings. The van der Waals surface area contributed by atoms with Crippen molar-refractivity contribution in [1.29, 1.82) is 0 Å². The van der Waals surface area contributed by atoms with Crippen molar-refractivity contribution in [1.82, 2.24) is 0 Å². The molecule has 0 heterocycles. The van der Waals surface area contributed by atoms with E-state index in [1.165, 1.54) is 7.11 Å². The summed E-state index contributed by atoms with van der Waals surface area (Å²) in [6.07, 6.45) is 5.40. The molecule has 5 heteroatoms. The number of rotatable bonds is 3. The number of carbonyl (C=O) groups is 1. The fourth-order valence-corrected chi connectivity index (χ4v) is 1.91. The Bertz CT molecular complexity index is 713. The average molecular weight is 281 g/mol. The molecule has 5 N–H and O–H groups in total. The molecule has 2 aromatic rings. The van der Waals surface area contributed by atoms with Gasteiger partial charge >= 0.3 is 0 Å². The molecule has 1 amide bonds. The molecule has 0 saturated carbocycles. The zero-order valence-corrected chi connectivity index (χ0v) is 11.5. The molecule has 0 fully saturated rings. The maximum absolute atomic E-state index is 12.2. The predicted octanol–water partition coefficient (Wildman–Crippen LogP) is 2.09. The third-order valence-electron chi connectivity index (χ3n) is 2.85. The Balaban J connectivity index is 2.25. The maximum atomic E-state index is 12.2. The minimum Gasteiger partial charge on any atom is -0.495 e. The fourth-order valence-electron chi connectivity index (χ4n) is 1.91. The van der Waals surface area contributed by atoms with Gasteiger partial charge in [-0.1, -0.05) is 5.92 Å². The summed E-state index contributed by atoms with van der Waals surface area (Å²) in [6.45, 7) is 0. The van der Waals surface area contributed by atoms with E-state index in [9.17, 15) is 4.79 Å². The van der Waals surface area contributed by atoms with Crippen molar-refractivity contribution in [3.05, 3.63) is 47.5 Å². The van der Waals surface area contributed by atoms with E-state index in [1.54, 1.807) is 36.4 Å². The van der Waals surface area contributed by atoms with Crippen molar-refractivity contribution in [2.75, 3.05) is 23.9 Å². The predicted molar refractivity (Wildman–Crippen MR) is 84.1 cm³/mol. The van der Waals surface area contributed by atoms with E-state index >= 15 is 0 Å².